The average molecular weight is 277 g/mol. The van der Waals surface area contributed by atoms with E-state index in [2.05, 4.69) is 20.3 Å². The minimum Gasteiger partial charge on any atom is -0.399 e. The Hall–Kier alpha value is -2.95. The number of anilines is 3. The minimum absolute atomic E-state index is 0.634. The van der Waals surface area contributed by atoms with Gasteiger partial charge in [0.25, 0.3) is 0 Å². The third-order valence-corrected chi connectivity index (χ3v) is 3.10. The van der Waals surface area contributed by atoms with Gasteiger partial charge in [0.15, 0.2) is 5.82 Å². The summed E-state index contributed by atoms with van der Waals surface area (Å²) in [6.07, 6.45) is 5.19. The Bertz CT molecular complexity index is 756. The Kier molecular flexibility index (Phi) is 3.47. The normalized spacial score (nSPS) is 10.3. The van der Waals surface area contributed by atoms with E-state index in [1.807, 2.05) is 43.3 Å². The molecule has 5 nitrogen and oxygen atoms in total. The molecule has 1 aromatic carbocycles. The molecule has 0 saturated heterocycles. The van der Waals surface area contributed by atoms with Crippen molar-refractivity contribution in [3.8, 4) is 11.4 Å². The first-order valence-corrected chi connectivity index (χ1v) is 6.59. The molecular weight excluding hydrogens is 262 g/mol. The molecule has 0 aliphatic carbocycles. The summed E-state index contributed by atoms with van der Waals surface area (Å²) in [5.74, 6) is 1.35. The van der Waals surface area contributed by atoms with Gasteiger partial charge in [-0.15, -0.1) is 0 Å². The Balaban J connectivity index is 1.92. The molecule has 0 aliphatic rings. The summed E-state index contributed by atoms with van der Waals surface area (Å²) < 4.78 is 0. The number of nitrogen functional groups attached to an aromatic ring is 1. The zero-order chi connectivity index (χ0) is 14.7. The number of rotatable bonds is 3. The van der Waals surface area contributed by atoms with E-state index >= 15 is 0 Å². The topological polar surface area (TPSA) is 76.7 Å². The first-order valence-electron chi connectivity index (χ1n) is 6.59. The van der Waals surface area contributed by atoms with Crippen molar-refractivity contribution >= 4 is 17.2 Å². The Morgan fingerprint density at radius 1 is 1.10 bits per heavy atom. The first kappa shape index (κ1) is 13.1. The molecule has 0 saturated carbocycles. The molecule has 3 rings (SSSR count). The zero-order valence-electron chi connectivity index (χ0n) is 11.6. The van der Waals surface area contributed by atoms with E-state index in [1.54, 1.807) is 18.6 Å². The fourth-order valence-electron chi connectivity index (χ4n) is 1.97. The number of aryl methyl sites for hydroxylation is 1. The number of hydrogen-bond donors (Lipinski definition) is 2. The molecule has 0 bridgehead atoms. The molecular formula is C16H15N5. The standard InChI is InChI=1S/C16H15N5/c1-11-4-5-13(17)9-14(11)20-15-6-8-19-16(21-15)12-3-2-7-18-10-12/h2-10H,17H2,1H3,(H,19,20,21). The highest BCUT2D eigenvalue weighted by atomic mass is 15.0. The Morgan fingerprint density at radius 2 is 2.00 bits per heavy atom. The maximum atomic E-state index is 5.82. The van der Waals surface area contributed by atoms with Crippen LogP contribution in [0.2, 0.25) is 0 Å². The molecule has 3 aromatic rings. The lowest BCUT2D eigenvalue weighted by molar-refractivity contribution is 1.16. The zero-order valence-corrected chi connectivity index (χ0v) is 11.6. The number of pyridine rings is 1. The Morgan fingerprint density at radius 3 is 2.81 bits per heavy atom. The fourth-order valence-corrected chi connectivity index (χ4v) is 1.97. The van der Waals surface area contributed by atoms with Gasteiger partial charge in [0, 0.05) is 35.5 Å². The number of benzene rings is 1. The van der Waals surface area contributed by atoms with Crippen LogP contribution in [-0.2, 0) is 0 Å². The second kappa shape index (κ2) is 5.58. The Labute approximate surface area is 122 Å². The van der Waals surface area contributed by atoms with Crippen molar-refractivity contribution in [2.45, 2.75) is 6.92 Å². The van der Waals surface area contributed by atoms with Crippen LogP contribution in [-0.4, -0.2) is 15.0 Å². The van der Waals surface area contributed by atoms with Crippen LogP contribution in [0, 0.1) is 6.92 Å². The lowest BCUT2D eigenvalue weighted by atomic mass is 10.2. The highest BCUT2D eigenvalue weighted by Crippen LogP contribution is 2.23. The SMILES string of the molecule is Cc1ccc(N)cc1Nc1ccnc(-c2cccnc2)n1. The number of nitrogens with zero attached hydrogens (tertiary/aromatic N) is 3. The van der Waals surface area contributed by atoms with Crippen LogP contribution in [0.4, 0.5) is 17.2 Å². The molecule has 2 aromatic heterocycles. The third kappa shape index (κ3) is 2.97. The fraction of sp³-hybridized carbons (Fsp3) is 0.0625. The van der Waals surface area contributed by atoms with Crippen LogP contribution in [0.1, 0.15) is 5.56 Å². The molecule has 3 N–H and O–H groups in total. The summed E-state index contributed by atoms with van der Waals surface area (Å²) in [6, 6.07) is 11.4. The van der Waals surface area contributed by atoms with Gasteiger partial charge in [-0.25, -0.2) is 9.97 Å². The number of nitrogens with two attached hydrogens (primary N) is 1. The molecule has 5 heteroatoms. The van der Waals surface area contributed by atoms with Crippen LogP contribution in [0.5, 0.6) is 0 Å². The summed E-state index contributed by atoms with van der Waals surface area (Å²) in [5, 5.41) is 3.27. The largest absolute Gasteiger partial charge is 0.399 e. The van der Waals surface area contributed by atoms with Gasteiger partial charge in [0.05, 0.1) is 0 Å². The highest BCUT2D eigenvalue weighted by molar-refractivity contribution is 5.66. The predicted octanol–water partition coefficient (Wildman–Crippen LogP) is 3.17. The van der Waals surface area contributed by atoms with Crippen molar-refractivity contribution in [3.05, 3.63) is 60.6 Å². The van der Waals surface area contributed by atoms with E-state index in [9.17, 15) is 0 Å². The second-order valence-corrected chi connectivity index (χ2v) is 4.71. The smallest absolute Gasteiger partial charge is 0.163 e. The third-order valence-electron chi connectivity index (χ3n) is 3.10. The maximum Gasteiger partial charge on any atom is 0.163 e. The summed E-state index contributed by atoms with van der Waals surface area (Å²) in [4.78, 5) is 12.9. The molecule has 0 spiro atoms. The molecule has 21 heavy (non-hydrogen) atoms. The molecule has 0 atom stereocenters. The van der Waals surface area contributed by atoms with Gasteiger partial charge in [0.2, 0.25) is 0 Å². The molecule has 0 amide bonds. The van der Waals surface area contributed by atoms with Crippen molar-refractivity contribution in [2.24, 2.45) is 0 Å². The van der Waals surface area contributed by atoms with E-state index < -0.39 is 0 Å². The molecule has 0 unspecified atom stereocenters. The lowest BCUT2D eigenvalue weighted by Crippen LogP contribution is -1.99. The number of aromatic nitrogens is 3. The van der Waals surface area contributed by atoms with Crippen LogP contribution >= 0.6 is 0 Å². The van der Waals surface area contributed by atoms with Gasteiger partial charge in [-0.1, -0.05) is 6.07 Å². The van der Waals surface area contributed by atoms with E-state index in [4.69, 9.17) is 5.73 Å². The van der Waals surface area contributed by atoms with Crippen LogP contribution in [0.3, 0.4) is 0 Å². The molecule has 0 aliphatic heterocycles. The van der Waals surface area contributed by atoms with Crippen LogP contribution < -0.4 is 11.1 Å². The highest BCUT2D eigenvalue weighted by Gasteiger charge is 2.04. The summed E-state index contributed by atoms with van der Waals surface area (Å²) in [6.45, 7) is 2.02. The second-order valence-electron chi connectivity index (χ2n) is 4.71. The molecule has 0 fully saturated rings. The average Bonchev–Trinajstić information content (AvgIpc) is 2.52. The monoisotopic (exact) mass is 277 g/mol. The van der Waals surface area contributed by atoms with Gasteiger partial charge in [0.1, 0.15) is 5.82 Å². The van der Waals surface area contributed by atoms with Gasteiger partial charge >= 0.3 is 0 Å². The van der Waals surface area contributed by atoms with Crippen LogP contribution in [0.15, 0.2) is 55.0 Å². The molecule has 104 valence electrons. The summed E-state index contributed by atoms with van der Waals surface area (Å²) in [5.41, 5.74) is 9.45. The molecule has 2 heterocycles. The summed E-state index contributed by atoms with van der Waals surface area (Å²) in [7, 11) is 0. The van der Waals surface area contributed by atoms with Crippen molar-refractivity contribution in [2.75, 3.05) is 11.1 Å². The predicted molar refractivity (Wildman–Crippen MR) is 84.1 cm³/mol. The first-order chi connectivity index (χ1) is 10.2. The minimum atomic E-state index is 0.634. The van der Waals surface area contributed by atoms with Gasteiger partial charge < -0.3 is 11.1 Å². The van der Waals surface area contributed by atoms with Crippen LogP contribution in [0.25, 0.3) is 11.4 Å². The quantitative estimate of drug-likeness (QED) is 0.719. The number of hydrogen-bond acceptors (Lipinski definition) is 5. The van der Waals surface area contributed by atoms with Gasteiger partial charge in [-0.05, 0) is 42.8 Å². The van der Waals surface area contributed by atoms with Gasteiger partial charge in [-0.2, -0.15) is 0 Å². The van der Waals surface area contributed by atoms with Crippen molar-refractivity contribution in [1.29, 1.82) is 0 Å². The van der Waals surface area contributed by atoms with Crippen molar-refractivity contribution < 1.29 is 0 Å². The lowest BCUT2D eigenvalue weighted by Gasteiger charge is -2.10. The van der Waals surface area contributed by atoms with E-state index in [1.165, 1.54) is 0 Å². The van der Waals surface area contributed by atoms with Gasteiger partial charge in [-0.3, -0.25) is 4.98 Å². The maximum absolute atomic E-state index is 5.82. The van der Waals surface area contributed by atoms with Crippen molar-refractivity contribution in [1.82, 2.24) is 15.0 Å². The summed E-state index contributed by atoms with van der Waals surface area (Å²) >= 11 is 0. The van der Waals surface area contributed by atoms with E-state index in [0.29, 0.717) is 11.5 Å². The van der Waals surface area contributed by atoms with E-state index in [-0.39, 0.29) is 0 Å². The molecule has 0 radical (unpaired) electrons. The number of nitrogens with one attached hydrogen (secondary N) is 1. The van der Waals surface area contributed by atoms with Crippen molar-refractivity contribution in [3.63, 3.8) is 0 Å². The van der Waals surface area contributed by atoms with E-state index in [0.717, 1.165) is 22.6 Å².